The minimum absolute atomic E-state index is 0.0581. The molecule has 1 N–H and O–H groups in total. The Balaban J connectivity index is 1.50. The van der Waals surface area contributed by atoms with Gasteiger partial charge in [0.05, 0.1) is 18.5 Å². The standard InChI is InChI=1S/C29H28N4O3/c1-32(2)29(35)23-11-9-21(10-12-23)19-30-27(34)18-15-24-20-33(25-7-5-4-6-8-25)31-28(24)22-13-16-26(36-3)17-14-22/h4-18,20H,19H2,1-3H3,(H,30,34)/b18-15+. The second-order valence-corrected chi connectivity index (χ2v) is 8.39. The number of benzene rings is 3. The zero-order valence-corrected chi connectivity index (χ0v) is 20.5. The van der Waals surface area contributed by atoms with E-state index in [1.54, 1.807) is 44.1 Å². The summed E-state index contributed by atoms with van der Waals surface area (Å²) in [5, 5.41) is 7.66. The maximum atomic E-state index is 12.6. The van der Waals surface area contributed by atoms with Gasteiger partial charge in [-0.15, -0.1) is 0 Å². The van der Waals surface area contributed by atoms with Gasteiger partial charge in [-0.25, -0.2) is 4.68 Å². The Morgan fingerprint density at radius 3 is 2.31 bits per heavy atom. The number of amides is 2. The Morgan fingerprint density at radius 2 is 1.67 bits per heavy atom. The molecule has 7 heteroatoms. The number of nitrogens with zero attached hydrogens (tertiary/aromatic N) is 3. The molecule has 0 spiro atoms. The summed E-state index contributed by atoms with van der Waals surface area (Å²) in [6, 6.07) is 24.7. The molecule has 1 heterocycles. The molecular weight excluding hydrogens is 452 g/mol. The van der Waals surface area contributed by atoms with Gasteiger partial charge in [-0.1, -0.05) is 30.3 Å². The molecule has 0 atom stereocenters. The summed E-state index contributed by atoms with van der Waals surface area (Å²) in [6.07, 6.45) is 5.17. The van der Waals surface area contributed by atoms with Crippen LogP contribution in [0.5, 0.6) is 5.75 Å². The number of methoxy groups -OCH3 is 1. The number of carbonyl (C=O) groups excluding carboxylic acids is 2. The lowest BCUT2D eigenvalue weighted by molar-refractivity contribution is -0.116. The third-order valence-electron chi connectivity index (χ3n) is 5.61. The maximum Gasteiger partial charge on any atom is 0.253 e. The highest BCUT2D eigenvalue weighted by molar-refractivity contribution is 5.94. The normalized spacial score (nSPS) is 10.9. The highest BCUT2D eigenvalue weighted by atomic mass is 16.5. The Bertz CT molecular complexity index is 1360. The SMILES string of the molecule is COc1ccc(-c2nn(-c3ccccc3)cc2/C=C/C(=O)NCc2ccc(C(=O)N(C)C)cc2)cc1. The summed E-state index contributed by atoms with van der Waals surface area (Å²) in [7, 11) is 5.06. The molecule has 0 bridgehead atoms. The molecule has 0 aliphatic rings. The van der Waals surface area contributed by atoms with Crippen LogP contribution in [0.25, 0.3) is 23.0 Å². The predicted octanol–water partition coefficient (Wildman–Crippen LogP) is 4.58. The van der Waals surface area contributed by atoms with E-state index in [2.05, 4.69) is 5.32 Å². The van der Waals surface area contributed by atoms with E-state index in [1.807, 2.05) is 72.9 Å². The van der Waals surface area contributed by atoms with Crippen molar-refractivity contribution in [1.82, 2.24) is 20.0 Å². The van der Waals surface area contributed by atoms with Crippen molar-refractivity contribution in [3.05, 3.63) is 108 Å². The number of aromatic nitrogens is 2. The highest BCUT2D eigenvalue weighted by Gasteiger charge is 2.12. The van der Waals surface area contributed by atoms with Crippen molar-refractivity contribution in [1.29, 1.82) is 0 Å². The zero-order chi connectivity index (χ0) is 25.5. The van der Waals surface area contributed by atoms with Crippen molar-refractivity contribution < 1.29 is 14.3 Å². The van der Waals surface area contributed by atoms with Crippen LogP contribution in [0.15, 0.2) is 91.1 Å². The summed E-state index contributed by atoms with van der Waals surface area (Å²) in [5.74, 6) is 0.477. The van der Waals surface area contributed by atoms with Gasteiger partial charge >= 0.3 is 0 Å². The first-order valence-corrected chi connectivity index (χ1v) is 11.5. The number of nitrogens with one attached hydrogen (secondary N) is 1. The van der Waals surface area contributed by atoms with Gasteiger partial charge < -0.3 is 15.0 Å². The lowest BCUT2D eigenvalue weighted by Gasteiger charge is -2.10. The summed E-state index contributed by atoms with van der Waals surface area (Å²) in [5.41, 5.74) is 4.92. The first kappa shape index (κ1) is 24.5. The molecule has 182 valence electrons. The number of rotatable bonds is 8. The van der Waals surface area contributed by atoms with Crippen LogP contribution in [-0.2, 0) is 11.3 Å². The van der Waals surface area contributed by atoms with E-state index in [-0.39, 0.29) is 11.8 Å². The largest absolute Gasteiger partial charge is 0.497 e. The van der Waals surface area contributed by atoms with E-state index in [4.69, 9.17) is 9.84 Å². The third-order valence-corrected chi connectivity index (χ3v) is 5.61. The fraction of sp³-hybridized carbons (Fsp3) is 0.138. The van der Waals surface area contributed by atoms with Gasteiger partial charge in [0.1, 0.15) is 5.75 Å². The van der Waals surface area contributed by atoms with Crippen LogP contribution < -0.4 is 10.1 Å². The fourth-order valence-electron chi connectivity index (χ4n) is 3.63. The predicted molar refractivity (Wildman–Crippen MR) is 141 cm³/mol. The van der Waals surface area contributed by atoms with Gasteiger partial charge in [0.25, 0.3) is 5.91 Å². The Labute approximate surface area is 210 Å². The fourth-order valence-corrected chi connectivity index (χ4v) is 3.63. The molecule has 4 aromatic rings. The maximum absolute atomic E-state index is 12.6. The van der Waals surface area contributed by atoms with Crippen molar-refractivity contribution in [3.8, 4) is 22.7 Å². The average Bonchev–Trinajstić information content (AvgIpc) is 3.35. The van der Waals surface area contributed by atoms with Crippen LogP contribution in [0.2, 0.25) is 0 Å². The zero-order valence-electron chi connectivity index (χ0n) is 20.5. The molecule has 0 radical (unpaired) electrons. The number of carbonyl (C=O) groups is 2. The van der Waals surface area contributed by atoms with Crippen molar-refractivity contribution in [2.75, 3.05) is 21.2 Å². The van der Waals surface area contributed by atoms with Gasteiger partial charge in [-0.05, 0) is 60.2 Å². The number of hydrogen-bond donors (Lipinski definition) is 1. The Morgan fingerprint density at radius 1 is 0.972 bits per heavy atom. The molecule has 0 aliphatic heterocycles. The number of hydrogen-bond acceptors (Lipinski definition) is 4. The quantitative estimate of drug-likeness (QED) is 0.375. The van der Waals surface area contributed by atoms with Crippen LogP contribution in [0, 0.1) is 0 Å². The summed E-state index contributed by atoms with van der Waals surface area (Å²) < 4.78 is 7.07. The Hall–Kier alpha value is -4.65. The lowest BCUT2D eigenvalue weighted by Crippen LogP contribution is -2.22. The Kier molecular flexibility index (Phi) is 7.60. The monoisotopic (exact) mass is 480 g/mol. The number of para-hydroxylation sites is 1. The van der Waals surface area contributed by atoms with Crippen LogP contribution >= 0.6 is 0 Å². The molecule has 1 aromatic heterocycles. The summed E-state index contributed by atoms with van der Waals surface area (Å²) in [6.45, 7) is 0.355. The molecule has 2 amide bonds. The smallest absolute Gasteiger partial charge is 0.253 e. The molecule has 36 heavy (non-hydrogen) atoms. The van der Waals surface area contributed by atoms with E-state index < -0.39 is 0 Å². The van der Waals surface area contributed by atoms with Crippen molar-refractivity contribution in [2.45, 2.75) is 6.54 Å². The van der Waals surface area contributed by atoms with Crippen molar-refractivity contribution in [3.63, 3.8) is 0 Å². The first-order valence-electron chi connectivity index (χ1n) is 11.5. The van der Waals surface area contributed by atoms with Gasteiger partial charge in [0.15, 0.2) is 0 Å². The molecule has 0 aliphatic carbocycles. The minimum atomic E-state index is -0.225. The molecule has 0 fully saturated rings. The van der Waals surface area contributed by atoms with E-state index in [1.165, 1.54) is 11.0 Å². The average molecular weight is 481 g/mol. The van der Waals surface area contributed by atoms with Crippen LogP contribution in [0.1, 0.15) is 21.5 Å². The number of ether oxygens (including phenoxy) is 1. The molecule has 0 saturated heterocycles. The molecule has 0 saturated carbocycles. The second kappa shape index (κ2) is 11.2. The topological polar surface area (TPSA) is 76.5 Å². The second-order valence-electron chi connectivity index (χ2n) is 8.39. The van der Waals surface area contributed by atoms with E-state index >= 15 is 0 Å². The van der Waals surface area contributed by atoms with Gasteiger partial charge in [0.2, 0.25) is 5.91 Å². The highest BCUT2D eigenvalue weighted by Crippen LogP contribution is 2.26. The van der Waals surface area contributed by atoms with E-state index in [0.29, 0.717) is 12.1 Å². The van der Waals surface area contributed by atoms with E-state index in [0.717, 1.165) is 33.8 Å². The van der Waals surface area contributed by atoms with Gasteiger partial charge in [0, 0.05) is 49.6 Å². The van der Waals surface area contributed by atoms with Crippen LogP contribution in [-0.4, -0.2) is 47.7 Å². The van der Waals surface area contributed by atoms with Crippen LogP contribution in [0.4, 0.5) is 0 Å². The summed E-state index contributed by atoms with van der Waals surface area (Å²) >= 11 is 0. The third kappa shape index (κ3) is 5.88. The van der Waals surface area contributed by atoms with Crippen molar-refractivity contribution >= 4 is 17.9 Å². The van der Waals surface area contributed by atoms with Crippen molar-refractivity contribution in [2.24, 2.45) is 0 Å². The summed E-state index contributed by atoms with van der Waals surface area (Å²) in [4.78, 5) is 26.1. The minimum Gasteiger partial charge on any atom is -0.497 e. The van der Waals surface area contributed by atoms with E-state index in [9.17, 15) is 9.59 Å². The molecule has 7 nitrogen and oxygen atoms in total. The molecule has 4 rings (SSSR count). The van der Waals surface area contributed by atoms with Crippen LogP contribution in [0.3, 0.4) is 0 Å². The molecule has 0 unspecified atom stereocenters. The van der Waals surface area contributed by atoms with Gasteiger partial charge in [-0.3, -0.25) is 9.59 Å². The lowest BCUT2D eigenvalue weighted by atomic mass is 10.1. The first-order chi connectivity index (χ1) is 17.4. The van der Waals surface area contributed by atoms with Gasteiger partial charge in [-0.2, -0.15) is 5.10 Å². The molecule has 3 aromatic carbocycles. The molecular formula is C29H28N4O3.